The van der Waals surface area contributed by atoms with Crippen molar-refractivity contribution in [2.45, 2.75) is 26.2 Å². The fraction of sp³-hybridized carbons (Fsp3) is 0.278. The van der Waals surface area contributed by atoms with Gasteiger partial charge in [0.2, 0.25) is 5.43 Å². The normalized spacial score (nSPS) is 11.0. The van der Waals surface area contributed by atoms with Gasteiger partial charge in [0.1, 0.15) is 5.56 Å². The highest BCUT2D eigenvalue weighted by atomic mass is 16.5. The first-order valence-electron chi connectivity index (χ1n) is 7.60. The van der Waals surface area contributed by atoms with Crippen LogP contribution in [0.3, 0.4) is 0 Å². The molecule has 2 aromatic heterocycles. The maximum Gasteiger partial charge on any atom is 0.343 e. The van der Waals surface area contributed by atoms with Crippen LogP contribution in [0.25, 0.3) is 16.3 Å². The Labute approximate surface area is 133 Å². The van der Waals surface area contributed by atoms with Crippen molar-refractivity contribution in [2.75, 3.05) is 6.61 Å². The van der Waals surface area contributed by atoms with E-state index in [9.17, 15) is 9.59 Å². The quantitative estimate of drug-likeness (QED) is 0.536. The highest BCUT2D eigenvalue weighted by Gasteiger charge is 2.18. The van der Waals surface area contributed by atoms with E-state index in [4.69, 9.17) is 10.00 Å². The summed E-state index contributed by atoms with van der Waals surface area (Å²) >= 11 is 0. The number of rotatable bonds is 5. The predicted molar refractivity (Wildman–Crippen MR) is 86.9 cm³/mol. The van der Waals surface area contributed by atoms with E-state index in [1.165, 1.54) is 0 Å². The molecule has 5 heteroatoms. The lowest BCUT2D eigenvalue weighted by atomic mass is 10.1. The van der Waals surface area contributed by atoms with Gasteiger partial charge in [-0.25, -0.2) is 4.79 Å². The minimum absolute atomic E-state index is 0.0459. The topological polar surface area (TPSA) is 71.6 Å². The number of carbonyl (C=O) groups excluding carboxylic acids is 1. The third-order valence-electron chi connectivity index (χ3n) is 3.90. The Morgan fingerprint density at radius 1 is 1.39 bits per heavy atom. The molecule has 3 rings (SSSR count). The van der Waals surface area contributed by atoms with E-state index in [1.807, 2.05) is 22.6 Å². The van der Waals surface area contributed by atoms with E-state index >= 15 is 0 Å². The molecule has 116 valence electrons. The average Bonchev–Trinajstić information content (AvgIpc) is 2.90. The molecule has 0 atom stereocenters. The van der Waals surface area contributed by atoms with Crippen molar-refractivity contribution in [2.24, 2.45) is 0 Å². The van der Waals surface area contributed by atoms with E-state index in [0.29, 0.717) is 18.2 Å². The number of aromatic nitrogens is 1. The van der Waals surface area contributed by atoms with Gasteiger partial charge in [-0.1, -0.05) is 12.1 Å². The molecule has 0 aliphatic rings. The highest BCUT2D eigenvalue weighted by Crippen LogP contribution is 2.24. The van der Waals surface area contributed by atoms with Crippen LogP contribution in [0.5, 0.6) is 0 Å². The summed E-state index contributed by atoms with van der Waals surface area (Å²) in [7, 11) is 0. The first kappa shape index (κ1) is 15.0. The van der Waals surface area contributed by atoms with Gasteiger partial charge in [-0.2, -0.15) is 5.26 Å². The van der Waals surface area contributed by atoms with Gasteiger partial charge in [0.25, 0.3) is 0 Å². The van der Waals surface area contributed by atoms with Crippen LogP contribution in [-0.2, 0) is 11.2 Å². The van der Waals surface area contributed by atoms with Gasteiger partial charge >= 0.3 is 5.97 Å². The molecular formula is C18H16N2O3. The van der Waals surface area contributed by atoms with Gasteiger partial charge in [-0.15, -0.1) is 0 Å². The standard InChI is InChI=1S/C18H16N2O3/c1-2-23-18(22)15-11-20-13(7-3-4-9-19)10-12-6-5-8-14(16(12)20)17(15)21/h5-6,8,10-11H,2-4,7H2,1H3. The second-order valence-electron chi connectivity index (χ2n) is 5.35. The Morgan fingerprint density at radius 3 is 2.96 bits per heavy atom. The summed E-state index contributed by atoms with van der Waals surface area (Å²) in [4.78, 5) is 24.6. The third-order valence-corrected chi connectivity index (χ3v) is 3.90. The maximum absolute atomic E-state index is 12.6. The van der Waals surface area contributed by atoms with Crippen molar-refractivity contribution >= 4 is 22.3 Å². The van der Waals surface area contributed by atoms with E-state index in [1.54, 1.807) is 19.2 Å². The molecule has 0 saturated carbocycles. The van der Waals surface area contributed by atoms with Crippen LogP contribution in [0.4, 0.5) is 0 Å². The summed E-state index contributed by atoms with van der Waals surface area (Å²) in [6.45, 7) is 1.93. The third kappa shape index (κ3) is 2.53. The van der Waals surface area contributed by atoms with Gasteiger partial charge in [0.05, 0.1) is 18.2 Å². The number of carbonyl (C=O) groups is 1. The van der Waals surface area contributed by atoms with Crippen molar-refractivity contribution in [1.29, 1.82) is 5.26 Å². The average molecular weight is 308 g/mol. The molecule has 0 aliphatic heterocycles. The summed E-state index contributed by atoms with van der Waals surface area (Å²) in [5.41, 5.74) is 1.54. The molecule has 0 unspecified atom stereocenters. The first-order chi connectivity index (χ1) is 11.2. The molecule has 1 aromatic carbocycles. The van der Waals surface area contributed by atoms with Gasteiger partial charge in [0, 0.05) is 29.1 Å². The fourth-order valence-corrected chi connectivity index (χ4v) is 2.90. The SMILES string of the molecule is CCOC(=O)c1cn2c(CCCC#N)cc3cccc(c1=O)c32. The number of ether oxygens (including phenoxy) is 1. The monoisotopic (exact) mass is 308 g/mol. The first-order valence-corrected chi connectivity index (χ1v) is 7.60. The summed E-state index contributed by atoms with van der Waals surface area (Å²) < 4.78 is 6.88. The highest BCUT2D eigenvalue weighted by molar-refractivity contribution is 6.00. The van der Waals surface area contributed by atoms with E-state index in [0.717, 1.165) is 23.0 Å². The number of unbranched alkanes of at least 4 members (excludes halogenated alkanes) is 1. The van der Waals surface area contributed by atoms with Crippen LogP contribution in [0.1, 0.15) is 35.8 Å². The summed E-state index contributed by atoms with van der Waals surface area (Å²) in [5, 5.41) is 10.2. The van der Waals surface area contributed by atoms with Gasteiger partial charge in [0.15, 0.2) is 0 Å². The van der Waals surface area contributed by atoms with Crippen LogP contribution in [0.15, 0.2) is 35.3 Å². The lowest BCUT2D eigenvalue weighted by Gasteiger charge is -2.07. The minimum Gasteiger partial charge on any atom is -0.462 e. The number of hydrogen-bond donors (Lipinski definition) is 0. The lowest BCUT2D eigenvalue weighted by Crippen LogP contribution is -2.19. The fourth-order valence-electron chi connectivity index (χ4n) is 2.90. The van der Waals surface area contributed by atoms with Crippen molar-refractivity contribution in [3.8, 4) is 6.07 Å². The van der Waals surface area contributed by atoms with Crippen LogP contribution in [-0.4, -0.2) is 17.0 Å². The van der Waals surface area contributed by atoms with Crippen molar-refractivity contribution in [3.05, 3.63) is 51.9 Å². The number of pyridine rings is 1. The van der Waals surface area contributed by atoms with Crippen LogP contribution >= 0.6 is 0 Å². The molecule has 2 heterocycles. The van der Waals surface area contributed by atoms with Crippen LogP contribution in [0.2, 0.25) is 0 Å². The molecule has 0 fully saturated rings. The Morgan fingerprint density at radius 2 is 2.22 bits per heavy atom. The number of esters is 1. The van der Waals surface area contributed by atoms with Gasteiger partial charge in [-0.3, -0.25) is 4.79 Å². The van der Waals surface area contributed by atoms with E-state index in [-0.39, 0.29) is 17.6 Å². The molecule has 0 radical (unpaired) electrons. The molecule has 0 aliphatic carbocycles. The number of nitrogens with zero attached hydrogens (tertiary/aromatic N) is 2. The number of nitriles is 1. The maximum atomic E-state index is 12.6. The second kappa shape index (κ2) is 6.09. The zero-order valence-electron chi connectivity index (χ0n) is 12.8. The predicted octanol–water partition coefficient (Wildman–Crippen LogP) is 2.91. The van der Waals surface area contributed by atoms with Crippen molar-refractivity contribution in [3.63, 3.8) is 0 Å². The lowest BCUT2D eigenvalue weighted by molar-refractivity contribution is 0.0524. The zero-order valence-corrected chi connectivity index (χ0v) is 12.8. The van der Waals surface area contributed by atoms with Gasteiger partial charge in [-0.05, 0) is 31.9 Å². The molecule has 0 saturated heterocycles. The molecule has 23 heavy (non-hydrogen) atoms. The Kier molecular flexibility index (Phi) is 3.98. The Balaban J connectivity index is 2.22. The molecule has 5 nitrogen and oxygen atoms in total. The van der Waals surface area contributed by atoms with E-state index in [2.05, 4.69) is 6.07 Å². The number of para-hydroxylation sites is 1. The summed E-state index contributed by atoms with van der Waals surface area (Å²) in [5.74, 6) is -0.600. The second-order valence-corrected chi connectivity index (χ2v) is 5.35. The van der Waals surface area contributed by atoms with Crippen LogP contribution < -0.4 is 5.43 Å². The van der Waals surface area contributed by atoms with Gasteiger partial charge < -0.3 is 9.14 Å². The molecule has 0 bridgehead atoms. The summed E-state index contributed by atoms with van der Waals surface area (Å²) in [6.07, 6.45) is 3.49. The molecule has 0 amide bonds. The molecule has 0 spiro atoms. The van der Waals surface area contributed by atoms with Crippen LogP contribution in [0, 0.1) is 11.3 Å². The number of aryl methyl sites for hydroxylation is 1. The minimum atomic E-state index is -0.600. The summed E-state index contributed by atoms with van der Waals surface area (Å²) in [6, 6.07) is 9.63. The molecular weight excluding hydrogens is 292 g/mol. The van der Waals surface area contributed by atoms with Crippen molar-refractivity contribution in [1.82, 2.24) is 4.40 Å². The zero-order chi connectivity index (χ0) is 16.4. The molecule has 0 N–H and O–H groups in total. The Bertz CT molecular complexity index is 966. The van der Waals surface area contributed by atoms with Crippen molar-refractivity contribution < 1.29 is 9.53 Å². The largest absolute Gasteiger partial charge is 0.462 e. The smallest absolute Gasteiger partial charge is 0.343 e. The van der Waals surface area contributed by atoms with E-state index < -0.39 is 5.97 Å². The number of benzene rings is 1. The molecule has 3 aromatic rings. The Hall–Kier alpha value is -2.87. The number of hydrogen-bond acceptors (Lipinski definition) is 4.